The van der Waals surface area contributed by atoms with Crippen molar-refractivity contribution in [1.29, 1.82) is 0 Å². The number of ether oxygens (including phenoxy) is 1. The first-order valence-electron chi connectivity index (χ1n) is 8.71. The van der Waals surface area contributed by atoms with Crippen LogP contribution in [0.4, 0.5) is 0 Å². The number of nitrogens with zero attached hydrogens (tertiary/aromatic N) is 1. The van der Waals surface area contributed by atoms with E-state index in [1.165, 1.54) is 22.3 Å². The lowest BCUT2D eigenvalue weighted by molar-refractivity contribution is 0.172. The molecule has 0 radical (unpaired) electrons. The molecule has 0 spiro atoms. The Balaban J connectivity index is 2.54. The van der Waals surface area contributed by atoms with Crippen LogP contribution in [0, 0.1) is 19.3 Å². The van der Waals surface area contributed by atoms with Gasteiger partial charge in [0.1, 0.15) is 0 Å². The second-order valence-corrected chi connectivity index (χ2v) is 8.06. The molecule has 0 saturated heterocycles. The fourth-order valence-electron chi connectivity index (χ4n) is 3.36. The molecule has 0 aliphatic carbocycles. The Hall–Kier alpha value is -1.67. The minimum atomic E-state index is 0.128. The van der Waals surface area contributed by atoms with Gasteiger partial charge >= 0.3 is 0 Å². The molecule has 1 heterocycles. The van der Waals surface area contributed by atoms with Crippen molar-refractivity contribution in [3.8, 4) is 0 Å². The van der Waals surface area contributed by atoms with E-state index in [-0.39, 0.29) is 11.5 Å². The molecule has 1 aliphatic rings. The SMILES string of the molecule is C=C(/C=C\C(C)(C)C)C1=NC(COC)C(C)c2c(C)cc(C)cc21. The molecule has 2 unspecified atom stereocenters. The maximum atomic E-state index is 5.42. The smallest absolute Gasteiger partial charge is 0.0806 e. The Morgan fingerprint density at radius 3 is 2.54 bits per heavy atom. The Labute approximate surface area is 147 Å². The highest BCUT2D eigenvalue weighted by Crippen LogP contribution is 2.35. The van der Waals surface area contributed by atoms with E-state index in [0.29, 0.717) is 12.5 Å². The van der Waals surface area contributed by atoms with Crippen LogP contribution in [0.15, 0.2) is 41.4 Å². The number of methoxy groups -OCH3 is 1. The molecular weight excluding hydrogens is 294 g/mol. The maximum absolute atomic E-state index is 5.42. The molecule has 0 aromatic heterocycles. The number of hydrogen-bond donors (Lipinski definition) is 0. The number of hydrogen-bond acceptors (Lipinski definition) is 2. The number of allylic oxidation sites excluding steroid dienone is 3. The van der Waals surface area contributed by atoms with E-state index in [4.69, 9.17) is 9.73 Å². The van der Waals surface area contributed by atoms with E-state index in [1.807, 2.05) is 0 Å². The van der Waals surface area contributed by atoms with E-state index < -0.39 is 0 Å². The average Bonchev–Trinajstić information content (AvgIpc) is 2.46. The van der Waals surface area contributed by atoms with Gasteiger partial charge in [-0.1, -0.05) is 58.1 Å². The van der Waals surface area contributed by atoms with Crippen molar-refractivity contribution >= 4 is 5.71 Å². The highest BCUT2D eigenvalue weighted by molar-refractivity contribution is 6.15. The first-order valence-corrected chi connectivity index (χ1v) is 8.71. The Kier molecular flexibility index (Phi) is 5.49. The van der Waals surface area contributed by atoms with E-state index in [9.17, 15) is 0 Å². The quantitative estimate of drug-likeness (QED) is 0.681. The Morgan fingerprint density at radius 1 is 1.29 bits per heavy atom. The van der Waals surface area contributed by atoms with Gasteiger partial charge in [0.2, 0.25) is 0 Å². The molecule has 2 nitrogen and oxygen atoms in total. The minimum absolute atomic E-state index is 0.128. The topological polar surface area (TPSA) is 21.6 Å². The lowest BCUT2D eigenvalue weighted by Crippen LogP contribution is -2.29. The second kappa shape index (κ2) is 7.06. The molecule has 0 bridgehead atoms. The molecule has 0 amide bonds. The summed E-state index contributed by atoms with van der Waals surface area (Å²) in [5.74, 6) is 0.351. The van der Waals surface area contributed by atoms with Gasteiger partial charge < -0.3 is 4.74 Å². The highest BCUT2D eigenvalue weighted by Gasteiger charge is 2.30. The first-order chi connectivity index (χ1) is 11.1. The summed E-state index contributed by atoms with van der Waals surface area (Å²) in [5, 5.41) is 0. The molecule has 1 aliphatic heterocycles. The van der Waals surface area contributed by atoms with Crippen molar-refractivity contribution in [2.24, 2.45) is 10.4 Å². The van der Waals surface area contributed by atoms with Gasteiger partial charge in [0.25, 0.3) is 0 Å². The van der Waals surface area contributed by atoms with Crippen LogP contribution in [-0.2, 0) is 4.74 Å². The normalized spacial score (nSPS) is 20.9. The van der Waals surface area contributed by atoms with Crippen molar-refractivity contribution < 1.29 is 4.74 Å². The number of aliphatic imine (C=N–C) groups is 1. The van der Waals surface area contributed by atoms with Crippen LogP contribution < -0.4 is 0 Å². The molecule has 1 aromatic rings. The average molecular weight is 325 g/mol. The van der Waals surface area contributed by atoms with Crippen LogP contribution in [0.2, 0.25) is 0 Å². The van der Waals surface area contributed by atoms with Crippen LogP contribution in [0.5, 0.6) is 0 Å². The van der Waals surface area contributed by atoms with Gasteiger partial charge in [-0.2, -0.15) is 0 Å². The van der Waals surface area contributed by atoms with Gasteiger partial charge in [0.05, 0.1) is 18.4 Å². The molecule has 2 heteroatoms. The zero-order valence-electron chi connectivity index (χ0n) is 16.2. The predicted octanol–water partition coefficient (Wildman–Crippen LogP) is 5.38. The predicted molar refractivity (Wildman–Crippen MR) is 104 cm³/mol. The standard InChI is InChI=1S/C22H31NO/c1-14-11-16(3)20-17(4)19(13-24-8)23-21(18(20)12-14)15(2)9-10-22(5,6)7/h9-12,17,19H,2,13H2,1,3-8H3/b10-9-. The van der Waals surface area contributed by atoms with E-state index >= 15 is 0 Å². The van der Waals surface area contributed by atoms with Gasteiger partial charge in [-0.05, 0) is 42.0 Å². The molecule has 24 heavy (non-hydrogen) atoms. The van der Waals surface area contributed by atoms with Gasteiger partial charge in [-0.3, -0.25) is 4.99 Å². The van der Waals surface area contributed by atoms with Crippen molar-refractivity contribution in [3.05, 3.63) is 58.7 Å². The molecule has 1 aromatic carbocycles. The molecule has 0 N–H and O–H groups in total. The van der Waals surface area contributed by atoms with E-state index in [0.717, 1.165) is 11.3 Å². The first kappa shape index (κ1) is 18.7. The third-order valence-electron chi connectivity index (χ3n) is 4.54. The summed E-state index contributed by atoms with van der Waals surface area (Å²) in [5.41, 5.74) is 7.33. The monoisotopic (exact) mass is 325 g/mol. The third-order valence-corrected chi connectivity index (χ3v) is 4.54. The molecule has 0 saturated carbocycles. The summed E-state index contributed by atoms with van der Waals surface area (Å²) in [6.07, 6.45) is 4.31. The number of rotatable bonds is 4. The van der Waals surface area contributed by atoms with Crippen LogP contribution >= 0.6 is 0 Å². The summed E-state index contributed by atoms with van der Waals surface area (Å²) in [7, 11) is 1.74. The summed E-state index contributed by atoms with van der Waals surface area (Å²) in [4.78, 5) is 5.02. The van der Waals surface area contributed by atoms with Gasteiger partial charge in [0, 0.05) is 18.6 Å². The van der Waals surface area contributed by atoms with Gasteiger partial charge in [-0.15, -0.1) is 0 Å². The number of fused-ring (bicyclic) bond motifs is 1. The lowest BCUT2D eigenvalue weighted by atomic mass is 9.80. The lowest BCUT2D eigenvalue weighted by Gasteiger charge is -2.31. The largest absolute Gasteiger partial charge is 0.382 e. The zero-order valence-corrected chi connectivity index (χ0v) is 16.2. The Bertz CT molecular complexity index is 689. The molecule has 130 valence electrons. The number of benzene rings is 1. The van der Waals surface area contributed by atoms with Gasteiger partial charge in [0.15, 0.2) is 0 Å². The highest BCUT2D eigenvalue weighted by atomic mass is 16.5. The van der Waals surface area contributed by atoms with Crippen molar-refractivity contribution in [2.45, 2.75) is 53.5 Å². The summed E-state index contributed by atoms with van der Waals surface area (Å²) < 4.78 is 5.42. The van der Waals surface area contributed by atoms with Crippen molar-refractivity contribution in [2.75, 3.05) is 13.7 Å². The molecular formula is C22H31NO. The summed E-state index contributed by atoms with van der Waals surface area (Å²) in [6, 6.07) is 4.64. The minimum Gasteiger partial charge on any atom is -0.382 e. The Morgan fingerprint density at radius 2 is 1.96 bits per heavy atom. The molecule has 2 atom stereocenters. The fourth-order valence-corrected chi connectivity index (χ4v) is 3.36. The van der Waals surface area contributed by atoms with Crippen LogP contribution in [0.1, 0.15) is 55.9 Å². The van der Waals surface area contributed by atoms with Crippen molar-refractivity contribution in [3.63, 3.8) is 0 Å². The van der Waals surface area contributed by atoms with Gasteiger partial charge in [-0.25, -0.2) is 0 Å². The van der Waals surface area contributed by atoms with Crippen LogP contribution in [0.3, 0.4) is 0 Å². The third kappa shape index (κ3) is 4.05. The summed E-state index contributed by atoms with van der Waals surface area (Å²) >= 11 is 0. The molecule has 2 rings (SSSR count). The maximum Gasteiger partial charge on any atom is 0.0806 e. The number of aryl methyl sites for hydroxylation is 2. The second-order valence-electron chi connectivity index (χ2n) is 8.06. The summed E-state index contributed by atoms with van der Waals surface area (Å²) in [6.45, 7) is 18.1. The van der Waals surface area contributed by atoms with E-state index in [2.05, 4.69) is 72.4 Å². The fraction of sp³-hybridized carbons (Fsp3) is 0.500. The van der Waals surface area contributed by atoms with Crippen LogP contribution in [-0.4, -0.2) is 25.5 Å². The molecule has 0 fully saturated rings. The zero-order chi connectivity index (χ0) is 18.1. The van der Waals surface area contributed by atoms with Crippen LogP contribution in [0.25, 0.3) is 0 Å². The van der Waals surface area contributed by atoms with E-state index in [1.54, 1.807) is 7.11 Å². The van der Waals surface area contributed by atoms with Crippen molar-refractivity contribution in [1.82, 2.24) is 0 Å².